The number of alkyl halides is 2. The van der Waals surface area contributed by atoms with Crippen LogP contribution in [0.5, 0.6) is 0 Å². The minimum absolute atomic E-state index is 0.0168. The van der Waals surface area contributed by atoms with Crippen molar-refractivity contribution in [3.8, 4) is 0 Å². The summed E-state index contributed by atoms with van der Waals surface area (Å²) in [5, 5.41) is 5.47. The van der Waals surface area contributed by atoms with Crippen molar-refractivity contribution in [3.05, 3.63) is 29.6 Å². The van der Waals surface area contributed by atoms with Crippen molar-refractivity contribution in [2.24, 2.45) is 11.3 Å². The Kier molecular flexibility index (Phi) is 5.44. The second kappa shape index (κ2) is 7.39. The van der Waals surface area contributed by atoms with Crippen molar-refractivity contribution in [2.45, 2.75) is 45.6 Å². The van der Waals surface area contributed by atoms with E-state index >= 15 is 0 Å². The second-order valence-corrected chi connectivity index (χ2v) is 9.11. The van der Waals surface area contributed by atoms with E-state index in [1.165, 1.54) is 0 Å². The largest absolute Gasteiger partial charge is 0.350 e. The van der Waals surface area contributed by atoms with Gasteiger partial charge in [0.2, 0.25) is 11.8 Å². The summed E-state index contributed by atoms with van der Waals surface area (Å²) >= 11 is 0. The molecule has 2 aliphatic rings. The Bertz CT molecular complexity index is 762. The van der Waals surface area contributed by atoms with Gasteiger partial charge in [-0.1, -0.05) is 0 Å². The first-order valence-electron chi connectivity index (χ1n) is 9.38. The lowest BCUT2D eigenvalue weighted by molar-refractivity contribution is -0.144. The van der Waals surface area contributed by atoms with Gasteiger partial charge in [-0.3, -0.25) is 14.5 Å². The van der Waals surface area contributed by atoms with Gasteiger partial charge in [-0.2, -0.15) is 0 Å². The highest BCUT2D eigenvalue weighted by molar-refractivity contribution is 5.93. The van der Waals surface area contributed by atoms with E-state index in [0.29, 0.717) is 19.4 Å². The third-order valence-corrected chi connectivity index (χ3v) is 5.17. The number of halogens is 3. The Morgan fingerprint density at radius 2 is 1.86 bits per heavy atom. The average molecular weight is 397 g/mol. The summed E-state index contributed by atoms with van der Waals surface area (Å²) < 4.78 is 39.0. The number of hydrogen-bond donors (Lipinski definition) is 2. The van der Waals surface area contributed by atoms with Crippen molar-refractivity contribution in [3.63, 3.8) is 0 Å². The molecule has 8 heteroatoms. The fraction of sp³-hybridized carbons (Fsp3) is 0.600. The molecule has 1 aliphatic carbocycles. The van der Waals surface area contributed by atoms with E-state index in [-0.39, 0.29) is 34.4 Å². The highest BCUT2D eigenvalue weighted by Gasteiger charge is 2.54. The molecular weight excluding hydrogens is 371 g/mol. The number of amides is 2. The van der Waals surface area contributed by atoms with Crippen LogP contribution in [0.2, 0.25) is 0 Å². The minimum Gasteiger partial charge on any atom is -0.350 e. The van der Waals surface area contributed by atoms with Crippen LogP contribution >= 0.6 is 0 Å². The standard InChI is InChI=1S/C20H26F3N3O2/c1-19(2,3)25-16(27)9-26-10-20(11-26)7-13(8-20)18(28)24-15-5-12(17(22)23)4-14(21)6-15/h4-6,13,17H,7-11H2,1-3H3,(H,24,28)(H,25,27). The predicted octanol–water partition coefficient (Wildman–Crippen LogP) is 3.33. The summed E-state index contributed by atoms with van der Waals surface area (Å²) in [6, 6.07) is 2.90. The van der Waals surface area contributed by atoms with Gasteiger partial charge in [0.05, 0.1) is 6.54 Å². The van der Waals surface area contributed by atoms with Crippen molar-refractivity contribution >= 4 is 17.5 Å². The van der Waals surface area contributed by atoms with Crippen LogP contribution in [-0.4, -0.2) is 41.9 Å². The summed E-state index contributed by atoms with van der Waals surface area (Å²) in [7, 11) is 0. The van der Waals surface area contributed by atoms with Gasteiger partial charge in [0.25, 0.3) is 6.43 Å². The number of nitrogens with one attached hydrogen (secondary N) is 2. The van der Waals surface area contributed by atoms with Crippen LogP contribution in [0.1, 0.15) is 45.6 Å². The molecule has 28 heavy (non-hydrogen) atoms. The van der Waals surface area contributed by atoms with Gasteiger partial charge < -0.3 is 10.6 Å². The summed E-state index contributed by atoms with van der Waals surface area (Å²) in [5.74, 6) is -1.32. The number of nitrogens with zero attached hydrogens (tertiary/aromatic N) is 1. The SMILES string of the molecule is CC(C)(C)NC(=O)CN1CC2(CC(C(=O)Nc3cc(F)cc(C(F)F)c3)C2)C1. The summed E-state index contributed by atoms with van der Waals surface area (Å²) in [6.07, 6.45) is -1.42. The van der Waals surface area contributed by atoms with E-state index < -0.39 is 17.8 Å². The molecule has 2 amide bonds. The second-order valence-electron chi connectivity index (χ2n) is 9.11. The molecule has 5 nitrogen and oxygen atoms in total. The van der Waals surface area contributed by atoms with Crippen LogP contribution in [0.15, 0.2) is 18.2 Å². The third kappa shape index (κ3) is 4.84. The maximum atomic E-state index is 13.4. The molecule has 1 aliphatic heterocycles. The Labute approximate surface area is 162 Å². The zero-order valence-electron chi connectivity index (χ0n) is 16.3. The van der Waals surface area contributed by atoms with Crippen LogP contribution in [-0.2, 0) is 9.59 Å². The van der Waals surface area contributed by atoms with E-state index in [1.54, 1.807) is 0 Å². The molecule has 3 rings (SSSR count). The van der Waals surface area contributed by atoms with E-state index in [1.807, 2.05) is 20.8 Å². The van der Waals surface area contributed by atoms with Gasteiger partial charge in [-0.15, -0.1) is 0 Å². The minimum atomic E-state index is -2.80. The molecule has 154 valence electrons. The van der Waals surface area contributed by atoms with Crippen LogP contribution in [0.3, 0.4) is 0 Å². The molecule has 0 unspecified atom stereocenters. The zero-order valence-corrected chi connectivity index (χ0v) is 16.3. The fourth-order valence-corrected chi connectivity index (χ4v) is 4.16. The molecule has 0 atom stereocenters. The molecule has 1 aromatic carbocycles. The topological polar surface area (TPSA) is 61.4 Å². The number of anilines is 1. The summed E-state index contributed by atoms with van der Waals surface area (Å²) in [5.41, 5.74) is -0.612. The molecule has 1 saturated heterocycles. The van der Waals surface area contributed by atoms with Crippen LogP contribution < -0.4 is 10.6 Å². The summed E-state index contributed by atoms with van der Waals surface area (Å²) in [6.45, 7) is 7.67. The quantitative estimate of drug-likeness (QED) is 0.801. The highest BCUT2D eigenvalue weighted by atomic mass is 19.3. The maximum Gasteiger partial charge on any atom is 0.264 e. The number of rotatable bonds is 5. The number of benzene rings is 1. The predicted molar refractivity (Wildman–Crippen MR) is 99.5 cm³/mol. The van der Waals surface area contributed by atoms with E-state index in [0.717, 1.165) is 31.3 Å². The first-order chi connectivity index (χ1) is 12.9. The van der Waals surface area contributed by atoms with Gasteiger partial charge in [0.15, 0.2) is 0 Å². The van der Waals surface area contributed by atoms with Gasteiger partial charge in [0, 0.05) is 35.8 Å². The molecule has 2 fully saturated rings. The molecule has 0 aromatic heterocycles. The van der Waals surface area contributed by atoms with Crippen molar-refractivity contribution in [2.75, 3.05) is 25.0 Å². The Morgan fingerprint density at radius 3 is 2.43 bits per heavy atom. The molecule has 2 N–H and O–H groups in total. The van der Waals surface area contributed by atoms with Crippen LogP contribution in [0.25, 0.3) is 0 Å². The first-order valence-corrected chi connectivity index (χ1v) is 9.38. The lowest BCUT2D eigenvalue weighted by Crippen LogP contribution is -2.65. The van der Waals surface area contributed by atoms with Gasteiger partial charge in [-0.25, -0.2) is 13.2 Å². The molecule has 1 heterocycles. The van der Waals surface area contributed by atoms with Gasteiger partial charge in [-0.05, 0) is 57.2 Å². The lowest BCUT2D eigenvalue weighted by atomic mass is 9.57. The number of carbonyl (C=O) groups excluding carboxylic acids is 2. The monoisotopic (exact) mass is 397 g/mol. The van der Waals surface area contributed by atoms with Crippen LogP contribution in [0.4, 0.5) is 18.9 Å². The van der Waals surface area contributed by atoms with E-state index in [9.17, 15) is 22.8 Å². The number of hydrogen-bond acceptors (Lipinski definition) is 3. The van der Waals surface area contributed by atoms with Crippen LogP contribution in [0, 0.1) is 17.2 Å². The number of carbonyl (C=O) groups is 2. The van der Waals surface area contributed by atoms with Gasteiger partial charge >= 0.3 is 0 Å². The van der Waals surface area contributed by atoms with Crippen molar-refractivity contribution < 1.29 is 22.8 Å². The molecule has 1 saturated carbocycles. The first kappa shape index (κ1) is 20.6. The van der Waals surface area contributed by atoms with Crippen molar-refractivity contribution in [1.82, 2.24) is 10.2 Å². The molecular formula is C20H26F3N3O2. The lowest BCUT2D eigenvalue weighted by Gasteiger charge is -2.58. The Balaban J connectivity index is 1.45. The smallest absolute Gasteiger partial charge is 0.264 e. The molecule has 0 radical (unpaired) electrons. The Morgan fingerprint density at radius 1 is 1.21 bits per heavy atom. The van der Waals surface area contributed by atoms with E-state index in [2.05, 4.69) is 15.5 Å². The van der Waals surface area contributed by atoms with E-state index in [4.69, 9.17) is 0 Å². The molecule has 1 spiro atoms. The normalized spacial score (nSPS) is 19.2. The summed E-state index contributed by atoms with van der Waals surface area (Å²) in [4.78, 5) is 26.3. The van der Waals surface area contributed by atoms with Crippen molar-refractivity contribution in [1.29, 1.82) is 0 Å². The Hall–Kier alpha value is -2.09. The third-order valence-electron chi connectivity index (χ3n) is 5.17. The number of likely N-dealkylation sites (tertiary alicyclic amines) is 1. The highest BCUT2D eigenvalue weighted by Crippen LogP contribution is 2.52. The average Bonchev–Trinajstić information content (AvgIpc) is 2.45. The zero-order chi connectivity index (χ0) is 20.7. The maximum absolute atomic E-state index is 13.4. The molecule has 0 bridgehead atoms. The molecule has 1 aromatic rings. The van der Waals surface area contributed by atoms with Gasteiger partial charge in [0.1, 0.15) is 5.82 Å². The fourth-order valence-electron chi connectivity index (χ4n) is 4.16.